The summed E-state index contributed by atoms with van der Waals surface area (Å²) in [6.07, 6.45) is -0.143. The molecule has 2 aromatic heterocycles. The lowest BCUT2D eigenvalue weighted by Gasteiger charge is -2.20. The number of carbonyl (C=O) groups excluding carboxylic acids is 3. The van der Waals surface area contributed by atoms with Gasteiger partial charge in [0.2, 0.25) is 5.91 Å². The first-order chi connectivity index (χ1) is 26.1. The van der Waals surface area contributed by atoms with Crippen LogP contribution in [0.5, 0.6) is 5.75 Å². The molecule has 4 aromatic rings. The fraction of sp³-hybridized carbons (Fsp3) is 0.450. The first kappa shape index (κ1) is 41.4. The van der Waals surface area contributed by atoms with E-state index in [1.54, 1.807) is 44.2 Å². The number of benzene rings is 2. The molecule has 0 saturated carbocycles. The van der Waals surface area contributed by atoms with Gasteiger partial charge in [-0.1, -0.05) is 37.6 Å². The summed E-state index contributed by atoms with van der Waals surface area (Å²) in [5, 5.41) is 16.2. The second-order valence-electron chi connectivity index (χ2n) is 14.7. The fourth-order valence-corrected chi connectivity index (χ4v) is 7.11. The molecular formula is C40H49ClN6O7S. The minimum Gasteiger partial charge on any atom is -0.492 e. The number of carbonyl (C=O) groups is 3. The van der Waals surface area contributed by atoms with Crippen molar-refractivity contribution in [2.75, 3.05) is 38.3 Å². The number of aromatic nitrogens is 3. The molecule has 0 aliphatic carbocycles. The van der Waals surface area contributed by atoms with Crippen molar-refractivity contribution >= 4 is 52.3 Å². The van der Waals surface area contributed by atoms with E-state index in [1.165, 1.54) is 0 Å². The highest BCUT2D eigenvalue weighted by molar-refractivity contribution is 7.15. The summed E-state index contributed by atoms with van der Waals surface area (Å²) in [6, 6.07) is 12.2. The first-order valence-corrected chi connectivity index (χ1v) is 19.4. The second-order valence-corrected chi connectivity index (χ2v) is 16.3. The number of ether oxygens (including phenoxy) is 4. The standard InChI is InChI=1S/C40H49ClN6O7S/c1-23(2)21-53-34(49)22-51-15-13-27-17-30(43-39(50)54-40(6,7)8)19-31(18-27)52-16-14-42-33(48)20-32-37-46-45-26(5)47(37)38-35(24(3)25(4)55-38)36(44-32)28-9-11-29(41)12-10-28/h9-12,17-19,23,32H,13-16,20-22H2,1-8H3,(H,42,48)(H,43,50)/t32-/m0/s1. The van der Waals surface area contributed by atoms with Crippen LogP contribution in [-0.2, 0) is 30.2 Å². The van der Waals surface area contributed by atoms with Gasteiger partial charge in [-0.15, -0.1) is 21.5 Å². The molecule has 15 heteroatoms. The van der Waals surface area contributed by atoms with Crippen LogP contribution < -0.4 is 15.4 Å². The third-order valence-electron chi connectivity index (χ3n) is 8.37. The van der Waals surface area contributed by atoms with Gasteiger partial charge >= 0.3 is 12.1 Å². The third kappa shape index (κ3) is 11.4. The zero-order valence-electron chi connectivity index (χ0n) is 32.6. The number of hydrogen-bond donors (Lipinski definition) is 2. The molecule has 1 aliphatic heterocycles. The maximum atomic E-state index is 13.5. The number of rotatable bonds is 15. The molecule has 13 nitrogen and oxygen atoms in total. The average molecular weight is 793 g/mol. The Morgan fingerprint density at radius 1 is 1.02 bits per heavy atom. The number of aryl methyl sites for hydroxylation is 2. The number of halogens is 1. The minimum atomic E-state index is -0.685. The molecule has 0 fully saturated rings. The zero-order chi connectivity index (χ0) is 39.9. The number of hydrogen-bond acceptors (Lipinski definition) is 11. The predicted octanol–water partition coefficient (Wildman–Crippen LogP) is 7.49. The lowest BCUT2D eigenvalue weighted by Crippen LogP contribution is -2.29. The Balaban J connectivity index is 1.25. The first-order valence-electron chi connectivity index (χ1n) is 18.2. The molecule has 2 aromatic carbocycles. The van der Waals surface area contributed by atoms with Crippen molar-refractivity contribution in [3.8, 4) is 10.8 Å². The molecule has 3 heterocycles. The van der Waals surface area contributed by atoms with E-state index < -0.39 is 23.7 Å². The molecule has 0 bridgehead atoms. The molecule has 1 atom stereocenters. The summed E-state index contributed by atoms with van der Waals surface area (Å²) in [6.45, 7) is 16.1. The quantitative estimate of drug-likeness (QED) is 0.0920. The lowest BCUT2D eigenvalue weighted by molar-refractivity contribution is -0.150. The Labute approximate surface area is 330 Å². The molecule has 0 radical (unpaired) electrons. The van der Waals surface area contributed by atoms with Crippen LogP contribution in [0.25, 0.3) is 5.00 Å². The van der Waals surface area contributed by atoms with E-state index >= 15 is 0 Å². The maximum absolute atomic E-state index is 13.5. The van der Waals surface area contributed by atoms with Gasteiger partial charge in [-0.2, -0.15) is 0 Å². The van der Waals surface area contributed by atoms with Gasteiger partial charge in [-0.3, -0.25) is 19.7 Å². The summed E-state index contributed by atoms with van der Waals surface area (Å²) in [5.74, 6) is 1.35. The van der Waals surface area contributed by atoms with Crippen LogP contribution in [0.4, 0.5) is 10.5 Å². The number of amides is 2. The molecule has 2 N–H and O–H groups in total. The van der Waals surface area contributed by atoms with Crippen molar-refractivity contribution in [3.63, 3.8) is 0 Å². The van der Waals surface area contributed by atoms with Gasteiger partial charge in [0.15, 0.2) is 5.82 Å². The number of esters is 1. The molecule has 0 saturated heterocycles. The van der Waals surface area contributed by atoms with Gasteiger partial charge in [0.05, 0.1) is 31.9 Å². The molecule has 5 rings (SSSR count). The normalized spacial score (nSPS) is 13.7. The Hall–Kier alpha value is -4.79. The molecule has 0 unspecified atom stereocenters. The number of thiophene rings is 1. The van der Waals surface area contributed by atoms with E-state index in [9.17, 15) is 14.4 Å². The van der Waals surface area contributed by atoms with Crippen molar-refractivity contribution in [2.24, 2.45) is 10.9 Å². The summed E-state index contributed by atoms with van der Waals surface area (Å²) in [7, 11) is 0. The molecule has 0 spiro atoms. The molecule has 55 heavy (non-hydrogen) atoms. The summed E-state index contributed by atoms with van der Waals surface area (Å²) < 4.78 is 24.2. The zero-order valence-corrected chi connectivity index (χ0v) is 34.2. The highest BCUT2D eigenvalue weighted by atomic mass is 35.5. The Bertz CT molecular complexity index is 2030. The summed E-state index contributed by atoms with van der Waals surface area (Å²) in [5.41, 5.74) is 4.33. The van der Waals surface area contributed by atoms with Crippen molar-refractivity contribution in [1.82, 2.24) is 20.1 Å². The van der Waals surface area contributed by atoms with Crippen LogP contribution in [0.2, 0.25) is 5.02 Å². The van der Waals surface area contributed by atoms with Crippen molar-refractivity contribution in [1.29, 1.82) is 0 Å². The highest BCUT2D eigenvalue weighted by Gasteiger charge is 2.32. The summed E-state index contributed by atoms with van der Waals surface area (Å²) in [4.78, 5) is 44.3. The summed E-state index contributed by atoms with van der Waals surface area (Å²) >= 11 is 7.88. The predicted molar refractivity (Wildman–Crippen MR) is 213 cm³/mol. The molecule has 294 valence electrons. The molecular weight excluding hydrogens is 744 g/mol. The molecule has 2 amide bonds. The number of nitrogens with zero attached hydrogens (tertiary/aromatic N) is 4. The SMILES string of the molecule is Cc1sc2c(c1C)C(c1ccc(Cl)cc1)=N[C@@H](CC(=O)NCCOc1cc(CCOCC(=O)OCC(C)C)cc(NC(=O)OC(C)(C)C)c1)c1nnc(C)n1-2. The Morgan fingerprint density at radius 2 is 1.76 bits per heavy atom. The van der Waals surface area contributed by atoms with Gasteiger partial charge in [-0.05, 0) is 89.3 Å². The maximum Gasteiger partial charge on any atom is 0.412 e. The number of aliphatic imine (C=N–C) groups is 1. The monoisotopic (exact) mass is 792 g/mol. The van der Waals surface area contributed by atoms with Gasteiger partial charge in [-0.25, -0.2) is 9.59 Å². The van der Waals surface area contributed by atoms with Gasteiger partial charge in [0.25, 0.3) is 0 Å². The second kappa shape index (κ2) is 18.2. The van der Waals surface area contributed by atoms with Crippen LogP contribution in [-0.4, -0.2) is 77.0 Å². The van der Waals surface area contributed by atoms with E-state index in [4.69, 9.17) is 35.5 Å². The van der Waals surface area contributed by atoms with E-state index in [2.05, 4.69) is 34.7 Å². The van der Waals surface area contributed by atoms with E-state index in [1.807, 2.05) is 55.7 Å². The van der Waals surface area contributed by atoms with Crippen molar-refractivity contribution < 1.29 is 33.3 Å². The van der Waals surface area contributed by atoms with Gasteiger partial charge in [0.1, 0.15) is 41.4 Å². The van der Waals surface area contributed by atoms with Crippen molar-refractivity contribution in [3.05, 3.63) is 86.3 Å². The van der Waals surface area contributed by atoms with Crippen molar-refractivity contribution in [2.45, 2.75) is 79.9 Å². The third-order valence-corrected chi connectivity index (χ3v) is 9.82. The van der Waals surface area contributed by atoms with E-state index in [0.717, 1.165) is 37.8 Å². The van der Waals surface area contributed by atoms with E-state index in [0.29, 0.717) is 41.1 Å². The topological polar surface area (TPSA) is 155 Å². The largest absolute Gasteiger partial charge is 0.492 e. The Kier molecular flexibility index (Phi) is 13.7. The number of nitrogens with one attached hydrogen (secondary N) is 2. The lowest BCUT2D eigenvalue weighted by atomic mass is 9.99. The van der Waals surface area contributed by atoms with Gasteiger partial charge < -0.3 is 24.3 Å². The minimum absolute atomic E-state index is 0.0344. The van der Waals surface area contributed by atoms with Crippen LogP contribution in [0.3, 0.4) is 0 Å². The van der Waals surface area contributed by atoms with Crippen LogP contribution >= 0.6 is 22.9 Å². The number of fused-ring (bicyclic) bond motifs is 3. The van der Waals surface area contributed by atoms with Crippen LogP contribution in [0.15, 0.2) is 47.5 Å². The smallest absolute Gasteiger partial charge is 0.412 e. The fourth-order valence-electron chi connectivity index (χ4n) is 5.77. The van der Waals surface area contributed by atoms with Crippen LogP contribution in [0, 0.1) is 26.7 Å². The van der Waals surface area contributed by atoms with E-state index in [-0.39, 0.29) is 44.6 Å². The Morgan fingerprint density at radius 3 is 2.47 bits per heavy atom. The highest BCUT2D eigenvalue weighted by Crippen LogP contribution is 2.39. The number of anilines is 1. The average Bonchev–Trinajstić information content (AvgIpc) is 3.58. The molecule has 1 aliphatic rings. The van der Waals surface area contributed by atoms with Gasteiger partial charge in [0, 0.05) is 32.8 Å². The van der Waals surface area contributed by atoms with Crippen LogP contribution in [0.1, 0.15) is 85.9 Å².